The Kier molecular flexibility index (Phi) is 5.19. The van der Waals surface area contributed by atoms with E-state index < -0.39 is 0 Å². The summed E-state index contributed by atoms with van der Waals surface area (Å²) in [5.74, 6) is 2.13. The monoisotopic (exact) mass is 252 g/mol. The van der Waals surface area contributed by atoms with Gasteiger partial charge in [-0.25, -0.2) is 4.98 Å². The molecule has 102 valence electrons. The van der Waals surface area contributed by atoms with Crippen molar-refractivity contribution in [2.75, 3.05) is 17.7 Å². The highest BCUT2D eigenvalue weighted by molar-refractivity contribution is 5.67. The molecule has 1 aromatic heterocycles. The van der Waals surface area contributed by atoms with Crippen molar-refractivity contribution in [2.45, 2.75) is 53.0 Å². The Morgan fingerprint density at radius 2 is 1.89 bits per heavy atom. The van der Waals surface area contributed by atoms with E-state index in [2.05, 4.69) is 29.1 Å². The SMILES string of the molecule is CCOc1nc(C(C)C)nc(NC(C)CC)c1N. The van der Waals surface area contributed by atoms with Crippen LogP contribution >= 0.6 is 0 Å². The first-order valence-electron chi connectivity index (χ1n) is 6.56. The highest BCUT2D eigenvalue weighted by Gasteiger charge is 2.15. The summed E-state index contributed by atoms with van der Waals surface area (Å²) in [6.45, 7) is 10.8. The first kappa shape index (κ1) is 14.5. The van der Waals surface area contributed by atoms with Crippen LogP contribution in [0.4, 0.5) is 11.5 Å². The third-order valence-corrected chi connectivity index (χ3v) is 2.72. The zero-order chi connectivity index (χ0) is 13.7. The molecule has 0 aliphatic rings. The Morgan fingerprint density at radius 3 is 2.39 bits per heavy atom. The fourth-order valence-corrected chi connectivity index (χ4v) is 1.42. The third kappa shape index (κ3) is 3.48. The van der Waals surface area contributed by atoms with Crippen LogP contribution in [0.2, 0.25) is 0 Å². The number of nitrogen functional groups attached to an aromatic ring is 1. The van der Waals surface area contributed by atoms with Crippen molar-refractivity contribution < 1.29 is 4.74 Å². The second-order valence-electron chi connectivity index (χ2n) is 4.69. The molecule has 0 aliphatic heterocycles. The van der Waals surface area contributed by atoms with E-state index in [1.807, 2.05) is 20.8 Å². The van der Waals surface area contributed by atoms with Crippen LogP contribution in [0.5, 0.6) is 5.88 Å². The molecule has 1 atom stereocenters. The summed E-state index contributed by atoms with van der Waals surface area (Å²) in [6.07, 6.45) is 1.00. The van der Waals surface area contributed by atoms with Gasteiger partial charge in [0, 0.05) is 12.0 Å². The van der Waals surface area contributed by atoms with Crippen LogP contribution in [0.25, 0.3) is 0 Å². The topological polar surface area (TPSA) is 73.1 Å². The highest BCUT2D eigenvalue weighted by atomic mass is 16.5. The van der Waals surface area contributed by atoms with E-state index in [0.717, 1.165) is 12.2 Å². The van der Waals surface area contributed by atoms with Crippen LogP contribution in [0.1, 0.15) is 52.8 Å². The Labute approximate surface area is 109 Å². The number of nitrogens with two attached hydrogens (primary N) is 1. The minimum Gasteiger partial charge on any atom is -0.476 e. The number of rotatable bonds is 6. The van der Waals surface area contributed by atoms with E-state index in [1.165, 1.54) is 0 Å². The standard InChI is InChI=1S/C13H24N4O/c1-6-9(5)15-12-10(14)13(18-7-2)17-11(16-12)8(3)4/h8-9H,6-7,14H2,1-5H3,(H,15,16,17). The molecule has 1 aromatic rings. The quantitative estimate of drug-likeness (QED) is 0.814. The molecule has 0 aliphatic carbocycles. The fourth-order valence-electron chi connectivity index (χ4n) is 1.42. The lowest BCUT2D eigenvalue weighted by Crippen LogP contribution is -2.18. The fraction of sp³-hybridized carbons (Fsp3) is 0.692. The molecular formula is C13H24N4O. The first-order chi connectivity index (χ1) is 8.49. The lowest BCUT2D eigenvalue weighted by Gasteiger charge is -2.17. The Balaban J connectivity index is 3.13. The van der Waals surface area contributed by atoms with Gasteiger partial charge in [0.05, 0.1) is 6.61 Å². The maximum absolute atomic E-state index is 6.03. The number of hydrogen-bond acceptors (Lipinski definition) is 5. The van der Waals surface area contributed by atoms with Crippen molar-refractivity contribution in [1.82, 2.24) is 9.97 Å². The molecule has 0 fully saturated rings. The lowest BCUT2D eigenvalue weighted by molar-refractivity contribution is 0.326. The van der Waals surface area contributed by atoms with E-state index in [1.54, 1.807) is 0 Å². The van der Waals surface area contributed by atoms with Crippen molar-refractivity contribution in [3.05, 3.63) is 5.82 Å². The first-order valence-corrected chi connectivity index (χ1v) is 6.56. The van der Waals surface area contributed by atoms with E-state index in [0.29, 0.717) is 30.0 Å². The summed E-state index contributed by atoms with van der Waals surface area (Å²) in [7, 11) is 0. The normalized spacial score (nSPS) is 12.6. The number of nitrogens with zero attached hydrogens (tertiary/aromatic N) is 2. The molecule has 0 saturated carbocycles. The summed E-state index contributed by atoms with van der Waals surface area (Å²) >= 11 is 0. The van der Waals surface area contributed by atoms with E-state index >= 15 is 0 Å². The minimum atomic E-state index is 0.238. The highest BCUT2D eigenvalue weighted by Crippen LogP contribution is 2.28. The predicted octanol–water partition coefficient (Wildman–Crippen LogP) is 2.79. The smallest absolute Gasteiger partial charge is 0.242 e. The van der Waals surface area contributed by atoms with Gasteiger partial charge in [0.25, 0.3) is 0 Å². The van der Waals surface area contributed by atoms with Crippen LogP contribution in [0, 0.1) is 0 Å². The summed E-state index contributed by atoms with van der Waals surface area (Å²) in [6, 6.07) is 0.316. The third-order valence-electron chi connectivity index (χ3n) is 2.72. The predicted molar refractivity (Wildman–Crippen MR) is 75.1 cm³/mol. The van der Waals surface area contributed by atoms with Gasteiger partial charge in [-0.05, 0) is 20.3 Å². The Morgan fingerprint density at radius 1 is 1.22 bits per heavy atom. The molecule has 0 aromatic carbocycles. The van der Waals surface area contributed by atoms with E-state index in [-0.39, 0.29) is 5.92 Å². The maximum Gasteiger partial charge on any atom is 0.242 e. The van der Waals surface area contributed by atoms with Gasteiger partial charge >= 0.3 is 0 Å². The second kappa shape index (κ2) is 6.42. The van der Waals surface area contributed by atoms with Gasteiger partial charge in [0.15, 0.2) is 5.82 Å². The average molecular weight is 252 g/mol. The maximum atomic E-state index is 6.03. The van der Waals surface area contributed by atoms with Crippen molar-refractivity contribution in [3.8, 4) is 5.88 Å². The number of anilines is 2. The second-order valence-corrected chi connectivity index (χ2v) is 4.69. The molecule has 0 bridgehead atoms. The molecule has 0 amide bonds. The largest absolute Gasteiger partial charge is 0.476 e. The molecule has 0 spiro atoms. The number of aromatic nitrogens is 2. The number of nitrogens with one attached hydrogen (secondary N) is 1. The van der Waals surface area contributed by atoms with Crippen molar-refractivity contribution in [2.24, 2.45) is 0 Å². The molecule has 1 unspecified atom stereocenters. The molecule has 1 rings (SSSR count). The summed E-state index contributed by atoms with van der Waals surface area (Å²) in [5, 5.41) is 3.30. The van der Waals surface area contributed by atoms with Gasteiger partial charge in [-0.2, -0.15) is 4.98 Å². The molecule has 0 radical (unpaired) electrons. The van der Waals surface area contributed by atoms with E-state index in [9.17, 15) is 0 Å². The van der Waals surface area contributed by atoms with Gasteiger partial charge in [-0.3, -0.25) is 0 Å². The summed E-state index contributed by atoms with van der Waals surface area (Å²) < 4.78 is 5.47. The van der Waals surface area contributed by atoms with Gasteiger partial charge in [-0.1, -0.05) is 20.8 Å². The van der Waals surface area contributed by atoms with Crippen molar-refractivity contribution in [3.63, 3.8) is 0 Å². The Hall–Kier alpha value is -1.52. The van der Waals surface area contributed by atoms with E-state index in [4.69, 9.17) is 10.5 Å². The van der Waals surface area contributed by atoms with Crippen LogP contribution in [-0.4, -0.2) is 22.6 Å². The summed E-state index contributed by atoms with van der Waals surface area (Å²) in [4.78, 5) is 8.83. The van der Waals surface area contributed by atoms with Crippen molar-refractivity contribution >= 4 is 11.5 Å². The average Bonchev–Trinajstić information content (AvgIpc) is 2.33. The summed E-state index contributed by atoms with van der Waals surface area (Å²) in [5.41, 5.74) is 6.52. The molecule has 3 N–H and O–H groups in total. The van der Waals surface area contributed by atoms with Gasteiger partial charge in [0.2, 0.25) is 5.88 Å². The van der Waals surface area contributed by atoms with Crippen LogP contribution in [0.15, 0.2) is 0 Å². The minimum absolute atomic E-state index is 0.238. The van der Waals surface area contributed by atoms with Crippen LogP contribution in [0.3, 0.4) is 0 Å². The zero-order valence-corrected chi connectivity index (χ0v) is 11.9. The van der Waals surface area contributed by atoms with Crippen LogP contribution < -0.4 is 15.8 Å². The zero-order valence-electron chi connectivity index (χ0n) is 11.9. The lowest BCUT2D eigenvalue weighted by atomic mass is 10.2. The van der Waals surface area contributed by atoms with Gasteiger partial charge in [0.1, 0.15) is 11.5 Å². The molecule has 5 heteroatoms. The van der Waals surface area contributed by atoms with Gasteiger partial charge < -0.3 is 15.8 Å². The van der Waals surface area contributed by atoms with Crippen molar-refractivity contribution in [1.29, 1.82) is 0 Å². The number of ether oxygens (including phenoxy) is 1. The molecule has 1 heterocycles. The van der Waals surface area contributed by atoms with Crippen LogP contribution in [-0.2, 0) is 0 Å². The number of hydrogen-bond donors (Lipinski definition) is 2. The Bertz CT molecular complexity index is 393. The molecule has 18 heavy (non-hydrogen) atoms. The van der Waals surface area contributed by atoms with Gasteiger partial charge in [-0.15, -0.1) is 0 Å². The molecule has 0 saturated heterocycles. The molecule has 5 nitrogen and oxygen atoms in total. The molecular weight excluding hydrogens is 228 g/mol.